The smallest absolute Gasteiger partial charge is 0.225 e. The van der Waals surface area contributed by atoms with Gasteiger partial charge in [0, 0.05) is 0 Å². The lowest BCUT2D eigenvalue weighted by Gasteiger charge is -2.39. The summed E-state index contributed by atoms with van der Waals surface area (Å²) in [5.74, 6) is -0.503. The number of likely N-dealkylation sites (N-methyl/N-ethyl adjacent to an activating group) is 1. The molecule has 3 aromatic carbocycles. The Morgan fingerprint density at radius 2 is 1.33 bits per heavy atom. The molecule has 6 atom stereocenters. The predicted molar refractivity (Wildman–Crippen MR) is 172 cm³/mol. The molecule has 0 bridgehead atoms. The number of unbranched alkanes of at least 4 members (excludes halogenated alkanes) is 2. The van der Waals surface area contributed by atoms with Gasteiger partial charge in [0.1, 0.15) is 5.60 Å². The van der Waals surface area contributed by atoms with Crippen molar-refractivity contribution in [3.8, 4) is 0 Å². The maximum absolute atomic E-state index is 11.3. The number of benzene rings is 3. The zero-order chi connectivity index (χ0) is 30.5. The number of aliphatic hydroxyl groups excluding tert-OH is 1. The molecule has 2 aliphatic heterocycles. The summed E-state index contributed by atoms with van der Waals surface area (Å²) < 4.78 is 20.5. The molecule has 2 fully saturated rings. The first-order valence-corrected chi connectivity index (χ1v) is 16.5. The summed E-state index contributed by atoms with van der Waals surface area (Å²) in [7, 11) is 2.15. The summed E-state index contributed by atoms with van der Waals surface area (Å²) in [6, 6.07) is 32.0. The van der Waals surface area contributed by atoms with Crippen molar-refractivity contribution in [1.29, 1.82) is 0 Å². The molecular formula is C38H52NO4+. The van der Waals surface area contributed by atoms with E-state index < -0.39 is 17.6 Å². The lowest BCUT2D eigenvalue weighted by Crippen LogP contribution is -2.56. The van der Waals surface area contributed by atoms with Gasteiger partial charge in [-0.05, 0) is 62.6 Å². The number of hydrogen-bond acceptors (Lipinski definition) is 4. The van der Waals surface area contributed by atoms with Crippen molar-refractivity contribution in [2.45, 2.75) is 109 Å². The van der Waals surface area contributed by atoms with Crippen molar-refractivity contribution in [1.82, 2.24) is 0 Å². The van der Waals surface area contributed by atoms with E-state index in [1.165, 1.54) is 0 Å². The van der Waals surface area contributed by atoms with Crippen molar-refractivity contribution < 1.29 is 23.8 Å². The second kappa shape index (κ2) is 13.6. The van der Waals surface area contributed by atoms with Crippen LogP contribution in [0.4, 0.5) is 0 Å². The highest BCUT2D eigenvalue weighted by Gasteiger charge is 2.64. The number of aliphatic hydroxyl groups is 1. The Bertz CT molecular complexity index is 1170. The van der Waals surface area contributed by atoms with Gasteiger partial charge >= 0.3 is 0 Å². The van der Waals surface area contributed by atoms with Gasteiger partial charge in [0.25, 0.3) is 0 Å². The second-order valence-electron chi connectivity index (χ2n) is 13.2. The highest BCUT2D eigenvalue weighted by molar-refractivity contribution is 5.47. The minimum Gasteiger partial charge on any atom is -0.358 e. The van der Waals surface area contributed by atoms with Crippen molar-refractivity contribution in [3.05, 3.63) is 108 Å². The van der Waals surface area contributed by atoms with E-state index in [-0.39, 0.29) is 24.4 Å². The number of ether oxygens (including phenoxy) is 3. The molecule has 2 aliphatic rings. The molecule has 5 rings (SSSR count). The Morgan fingerprint density at radius 3 is 1.81 bits per heavy atom. The lowest BCUT2D eigenvalue weighted by molar-refractivity contribution is -0.983. The third-order valence-corrected chi connectivity index (χ3v) is 9.73. The van der Waals surface area contributed by atoms with E-state index in [1.54, 1.807) is 0 Å². The average molecular weight is 587 g/mol. The normalized spacial score (nSPS) is 27.2. The topological polar surface area (TPSA) is 47.9 Å². The fraction of sp³-hybridized carbons (Fsp3) is 0.526. The van der Waals surface area contributed by atoms with Crippen LogP contribution in [0.15, 0.2) is 91.0 Å². The predicted octanol–water partition coefficient (Wildman–Crippen LogP) is 8.01. The van der Waals surface area contributed by atoms with E-state index in [1.807, 2.05) is 13.8 Å². The molecule has 0 amide bonds. The van der Waals surface area contributed by atoms with Crippen LogP contribution in [0.3, 0.4) is 0 Å². The monoisotopic (exact) mass is 586 g/mol. The Morgan fingerprint density at radius 1 is 0.791 bits per heavy atom. The Labute approximate surface area is 259 Å². The van der Waals surface area contributed by atoms with Crippen LogP contribution in [-0.4, -0.2) is 53.6 Å². The van der Waals surface area contributed by atoms with E-state index in [0.29, 0.717) is 4.48 Å². The van der Waals surface area contributed by atoms with Gasteiger partial charge in [0.2, 0.25) is 6.23 Å². The molecule has 43 heavy (non-hydrogen) atoms. The van der Waals surface area contributed by atoms with Gasteiger partial charge in [-0.15, -0.1) is 0 Å². The van der Waals surface area contributed by atoms with E-state index >= 15 is 0 Å². The Kier molecular flexibility index (Phi) is 10.1. The third kappa shape index (κ3) is 6.48. The molecule has 0 saturated carbocycles. The van der Waals surface area contributed by atoms with Gasteiger partial charge in [0.05, 0.1) is 25.6 Å². The zero-order valence-corrected chi connectivity index (χ0v) is 26.8. The van der Waals surface area contributed by atoms with Crippen LogP contribution in [0.1, 0.15) is 89.3 Å². The summed E-state index contributed by atoms with van der Waals surface area (Å²) in [6.07, 6.45) is 6.60. The molecule has 2 heterocycles. The largest absolute Gasteiger partial charge is 0.358 e. The maximum Gasteiger partial charge on any atom is 0.225 e. The highest BCUT2D eigenvalue weighted by Crippen LogP contribution is 2.47. The van der Waals surface area contributed by atoms with Gasteiger partial charge in [0.15, 0.2) is 18.1 Å². The number of likely N-dealkylation sites (tertiary alicyclic amines) is 1. The van der Waals surface area contributed by atoms with E-state index in [2.05, 4.69) is 112 Å². The molecular weight excluding hydrogens is 534 g/mol. The van der Waals surface area contributed by atoms with Gasteiger partial charge in [-0.2, -0.15) is 0 Å². The number of nitrogens with zero attached hydrogens (tertiary/aromatic N) is 1. The highest BCUT2D eigenvalue weighted by atomic mass is 16.8. The third-order valence-electron chi connectivity index (χ3n) is 9.73. The van der Waals surface area contributed by atoms with Crippen molar-refractivity contribution in [2.75, 3.05) is 13.6 Å². The minimum absolute atomic E-state index is 0.0515. The SMILES string of the molecule is CCCC(CCCCC[N@@+]1(C)[C@H](O)[C@@H](CC)[C@@H]2OC(C)(C)O[C@H]21)OC(c1ccccc1)(c1ccccc1)c1ccccc1. The van der Waals surface area contributed by atoms with Crippen LogP contribution in [0.5, 0.6) is 0 Å². The Balaban J connectivity index is 1.31. The van der Waals surface area contributed by atoms with E-state index in [4.69, 9.17) is 14.2 Å². The van der Waals surface area contributed by atoms with Gasteiger partial charge in [-0.3, -0.25) is 9.22 Å². The standard InChI is InChI=1S/C38H52NO4/c1-6-20-32(27-18-11-19-28-39(5)35(40)33(7-2)34-36(39)43-37(3,4)42-34)41-38(29-21-12-8-13-22-29,30-23-14-9-15-24-30)31-25-16-10-17-26-31/h8-10,12-17,21-26,32-36,40H,6-7,11,18-20,27-28H2,1-5H3/q+1/t32?,33-,34-,35+,36+,39-/m0/s1. The summed E-state index contributed by atoms with van der Waals surface area (Å²) in [5, 5.41) is 11.3. The van der Waals surface area contributed by atoms with Crippen LogP contribution >= 0.6 is 0 Å². The first-order valence-electron chi connectivity index (χ1n) is 16.5. The summed E-state index contributed by atoms with van der Waals surface area (Å²) >= 11 is 0. The van der Waals surface area contributed by atoms with Crippen LogP contribution in [0.2, 0.25) is 0 Å². The molecule has 0 aliphatic carbocycles. The quantitative estimate of drug-likeness (QED) is 0.118. The van der Waals surface area contributed by atoms with Crippen LogP contribution < -0.4 is 0 Å². The van der Waals surface area contributed by atoms with E-state index in [9.17, 15) is 5.11 Å². The molecule has 2 saturated heterocycles. The van der Waals surface area contributed by atoms with Crippen molar-refractivity contribution in [3.63, 3.8) is 0 Å². The van der Waals surface area contributed by atoms with Crippen LogP contribution in [0, 0.1) is 5.92 Å². The van der Waals surface area contributed by atoms with Crippen LogP contribution in [-0.2, 0) is 19.8 Å². The van der Waals surface area contributed by atoms with Crippen molar-refractivity contribution in [2.24, 2.45) is 5.92 Å². The summed E-state index contributed by atoms with van der Waals surface area (Å²) in [6.45, 7) is 9.24. The fourth-order valence-corrected chi connectivity index (χ4v) is 7.54. The van der Waals surface area contributed by atoms with Crippen molar-refractivity contribution >= 4 is 0 Å². The first-order chi connectivity index (χ1) is 20.7. The average Bonchev–Trinajstić information content (AvgIpc) is 3.44. The molecule has 0 spiro atoms. The molecule has 5 nitrogen and oxygen atoms in total. The number of fused-ring (bicyclic) bond motifs is 1. The minimum atomic E-state index is -0.696. The molecule has 5 heteroatoms. The van der Waals surface area contributed by atoms with Crippen LogP contribution in [0.25, 0.3) is 0 Å². The molecule has 0 radical (unpaired) electrons. The number of hydrogen-bond donors (Lipinski definition) is 1. The summed E-state index contributed by atoms with van der Waals surface area (Å²) in [4.78, 5) is 0. The molecule has 1 unspecified atom stereocenters. The zero-order valence-electron chi connectivity index (χ0n) is 26.8. The lowest BCUT2D eigenvalue weighted by atomic mass is 9.79. The second-order valence-corrected chi connectivity index (χ2v) is 13.2. The Hall–Kier alpha value is -2.54. The van der Waals surface area contributed by atoms with Gasteiger partial charge in [-0.25, -0.2) is 0 Å². The summed E-state index contributed by atoms with van der Waals surface area (Å²) in [5.41, 5.74) is 2.75. The maximum atomic E-state index is 11.3. The molecule has 232 valence electrons. The fourth-order valence-electron chi connectivity index (χ4n) is 7.54. The molecule has 3 aromatic rings. The molecule has 0 aromatic heterocycles. The number of quaternary nitrogens is 1. The van der Waals surface area contributed by atoms with Gasteiger partial charge in [-0.1, -0.05) is 118 Å². The van der Waals surface area contributed by atoms with E-state index in [0.717, 1.165) is 68.2 Å². The van der Waals surface area contributed by atoms with Gasteiger partial charge < -0.3 is 14.6 Å². The number of rotatable bonds is 14. The molecule has 1 N–H and O–H groups in total. The first kappa shape index (κ1) is 31.9.